The number of aryl methyl sites for hydroxylation is 2. The number of hydrogen-bond donors (Lipinski definition) is 1. The molecule has 1 N–H and O–H groups in total. The maximum Gasteiger partial charge on any atom is 0.240 e. The number of carbonyl (C=O) groups excluding carboxylic acids is 1. The second-order valence-corrected chi connectivity index (χ2v) is 7.20. The third kappa shape index (κ3) is 4.53. The predicted octanol–water partition coefficient (Wildman–Crippen LogP) is 4.20. The van der Waals surface area contributed by atoms with Gasteiger partial charge in [0.05, 0.1) is 10.9 Å². The fourth-order valence-corrected chi connectivity index (χ4v) is 1.83. The lowest BCUT2D eigenvalue weighted by molar-refractivity contribution is -0.117. The summed E-state index contributed by atoms with van der Waals surface area (Å²) in [6.07, 6.45) is 0.981. The lowest BCUT2D eigenvalue weighted by atomic mass is 10.1. The third-order valence-corrected chi connectivity index (χ3v) is 3.07. The quantitative estimate of drug-likeness (QED) is 0.823. The number of rotatable bonds is 5. The van der Waals surface area contributed by atoms with Crippen molar-refractivity contribution in [3.63, 3.8) is 0 Å². The van der Waals surface area contributed by atoms with Gasteiger partial charge in [0.1, 0.15) is 5.75 Å². The SMILES string of the molecule is CCCOc1c(C)cc(NC(=O)C(C)(C)Br)cc1C. The third-order valence-electron chi connectivity index (χ3n) is 2.71. The average Bonchev–Trinajstić information content (AvgIpc) is 2.26. The van der Waals surface area contributed by atoms with Crippen LogP contribution in [0.15, 0.2) is 12.1 Å². The van der Waals surface area contributed by atoms with Crippen LogP contribution in [-0.2, 0) is 4.79 Å². The Morgan fingerprint density at radius 3 is 2.26 bits per heavy atom. The van der Waals surface area contributed by atoms with Gasteiger partial charge in [-0.25, -0.2) is 0 Å². The molecule has 106 valence electrons. The fourth-order valence-electron chi connectivity index (χ4n) is 1.73. The molecule has 0 atom stereocenters. The Labute approximate surface area is 123 Å². The van der Waals surface area contributed by atoms with Crippen LogP contribution in [0.5, 0.6) is 5.75 Å². The molecular weight excluding hydrogens is 306 g/mol. The number of alkyl halides is 1. The molecule has 0 saturated heterocycles. The molecule has 1 aromatic rings. The standard InChI is InChI=1S/C15H22BrNO2/c1-6-7-19-13-10(2)8-12(9-11(13)3)17-14(18)15(4,5)16/h8-9H,6-7H2,1-5H3,(H,17,18). The summed E-state index contributed by atoms with van der Waals surface area (Å²) in [5, 5.41) is 2.91. The van der Waals surface area contributed by atoms with Gasteiger partial charge in [-0.1, -0.05) is 22.9 Å². The fraction of sp³-hybridized carbons (Fsp3) is 0.533. The molecule has 0 radical (unpaired) electrons. The van der Waals surface area contributed by atoms with E-state index >= 15 is 0 Å². The van der Waals surface area contributed by atoms with Crippen LogP contribution in [0.3, 0.4) is 0 Å². The number of carbonyl (C=O) groups is 1. The van der Waals surface area contributed by atoms with Gasteiger partial charge < -0.3 is 10.1 Å². The minimum atomic E-state index is -0.577. The number of hydrogen-bond acceptors (Lipinski definition) is 2. The maximum atomic E-state index is 11.9. The molecule has 0 unspecified atom stereocenters. The molecule has 0 fully saturated rings. The number of ether oxygens (including phenoxy) is 1. The molecule has 19 heavy (non-hydrogen) atoms. The van der Waals surface area contributed by atoms with Crippen LogP contribution >= 0.6 is 15.9 Å². The number of nitrogens with one attached hydrogen (secondary N) is 1. The van der Waals surface area contributed by atoms with E-state index in [1.165, 1.54) is 0 Å². The smallest absolute Gasteiger partial charge is 0.240 e. The molecule has 0 aliphatic rings. The molecule has 0 aromatic heterocycles. The maximum absolute atomic E-state index is 11.9. The highest BCUT2D eigenvalue weighted by Gasteiger charge is 2.23. The second kappa shape index (κ2) is 6.42. The highest BCUT2D eigenvalue weighted by molar-refractivity contribution is 9.10. The van der Waals surface area contributed by atoms with E-state index in [4.69, 9.17) is 4.74 Å². The molecule has 0 aliphatic heterocycles. The van der Waals surface area contributed by atoms with Crippen LogP contribution in [0.1, 0.15) is 38.3 Å². The van der Waals surface area contributed by atoms with Gasteiger partial charge in [-0.15, -0.1) is 0 Å². The molecule has 0 aliphatic carbocycles. The van der Waals surface area contributed by atoms with Crippen molar-refractivity contribution in [3.05, 3.63) is 23.3 Å². The zero-order valence-corrected chi connectivity index (χ0v) is 13.8. The highest BCUT2D eigenvalue weighted by atomic mass is 79.9. The van der Waals surface area contributed by atoms with E-state index in [0.29, 0.717) is 6.61 Å². The van der Waals surface area contributed by atoms with E-state index < -0.39 is 4.32 Å². The van der Waals surface area contributed by atoms with Gasteiger partial charge in [0.15, 0.2) is 0 Å². The lowest BCUT2D eigenvalue weighted by Crippen LogP contribution is -2.31. The van der Waals surface area contributed by atoms with Gasteiger partial charge >= 0.3 is 0 Å². The van der Waals surface area contributed by atoms with Gasteiger partial charge in [0, 0.05) is 5.69 Å². The predicted molar refractivity (Wildman–Crippen MR) is 83.3 cm³/mol. The summed E-state index contributed by atoms with van der Waals surface area (Å²) in [6, 6.07) is 3.88. The summed E-state index contributed by atoms with van der Waals surface area (Å²) < 4.78 is 5.14. The molecule has 0 bridgehead atoms. The monoisotopic (exact) mass is 327 g/mol. The molecule has 0 heterocycles. The molecule has 0 spiro atoms. The Morgan fingerprint density at radius 1 is 1.32 bits per heavy atom. The summed E-state index contributed by atoms with van der Waals surface area (Å²) in [5.41, 5.74) is 2.88. The molecule has 3 nitrogen and oxygen atoms in total. The molecule has 4 heteroatoms. The summed E-state index contributed by atoms with van der Waals surface area (Å²) >= 11 is 3.35. The van der Waals surface area contributed by atoms with Gasteiger partial charge in [0.2, 0.25) is 5.91 Å². The Morgan fingerprint density at radius 2 is 1.84 bits per heavy atom. The Bertz CT molecular complexity index is 441. The average molecular weight is 328 g/mol. The van der Waals surface area contributed by atoms with E-state index in [0.717, 1.165) is 29.0 Å². The molecule has 1 amide bonds. The Balaban J connectivity index is 2.92. The van der Waals surface area contributed by atoms with Gasteiger partial charge in [0.25, 0.3) is 0 Å². The highest BCUT2D eigenvalue weighted by Crippen LogP contribution is 2.28. The van der Waals surface area contributed by atoms with Crippen molar-refractivity contribution < 1.29 is 9.53 Å². The van der Waals surface area contributed by atoms with E-state index in [-0.39, 0.29) is 5.91 Å². The van der Waals surface area contributed by atoms with Crippen LogP contribution < -0.4 is 10.1 Å². The number of anilines is 1. The van der Waals surface area contributed by atoms with E-state index in [2.05, 4.69) is 28.2 Å². The summed E-state index contributed by atoms with van der Waals surface area (Å²) in [7, 11) is 0. The van der Waals surface area contributed by atoms with Crippen LogP contribution in [0.4, 0.5) is 5.69 Å². The first kappa shape index (κ1) is 16.0. The molecule has 0 saturated carbocycles. The van der Waals surface area contributed by atoms with Crippen LogP contribution in [0.2, 0.25) is 0 Å². The number of benzene rings is 1. The lowest BCUT2D eigenvalue weighted by Gasteiger charge is -2.18. The van der Waals surface area contributed by atoms with E-state index in [1.807, 2.05) is 39.8 Å². The van der Waals surface area contributed by atoms with Gasteiger partial charge in [-0.05, 0) is 57.4 Å². The van der Waals surface area contributed by atoms with Crippen molar-refractivity contribution in [3.8, 4) is 5.75 Å². The van der Waals surface area contributed by atoms with E-state index in [9.17, 15) is 4.79 Å². The largest absolute Gasteiger partial charge is 0.493 e. The summed E-state index contributed by atoms with van der Waals surface area (Å²) in [5.74, 6) is 0.853. The van der Waals surface area contributed by atoms with Crippen molar-refractivity contribution in [2.24, 2.45) is 0 Å². The van der Waals surface area contributed by atoms with E-state index in [1.54, 1.807) is 0 Å². The van der Waals surface area contributed by atoms with Crippen LogP contribution in [0.25, 0.3) is 0 Å². The first-order chi connectivity index (χ1) is 8.75. The first-order valence-corrected chi connectivity index (χ1v) is 7.29. The zero-order valence-electron chi connectivity index (χ0n) is 12.3. The minimum Gasteiger partial charge on any atom is -0.493 e. The van der Waals surface area contributed by atoms with Crippen LogP contribution in [-0.4, -0.2) is 16.8 Å². The van der Waals surface area contributed by atoms with Crippen molar-refractivity contribution in [2.75, 3.05) is 11.9 Å². The molecule has 1 rings (SSSR count). The van der Waals surface area contributed by atoms with Crippen molar-refractivity contribution in [1.82, 2.24) is 0 Å². The van der Waals surface area contributed by atoms with Crippen molar-refractivity contribution >= 4 is 27.5 Å². The number of halogens is 1. The molecule has 1 aromatic carbocycles. The van der Waals surface area contributed by atoms with Crippen molar-refractivity contribution in [1.29, 1.82) is 0 Å². The molecular formula is C15H22BrNO2. The second-order valence-electron chi connectivity index (χ2n) is 5.21. The minimum absolute atomic E-state index is 0.0615. The van der Waals surface area contributed by atoms with Crippen molar-refractivity contribution in [2.45, 2.75) is 45.4 Å². The zero-order chi connectivity index (χ0) is 14.6. The first-order valence-electron chi connectivity index (χ1n) is 6.50. The normalized spacial score (nSPS) is 11.3. The summed E-state index contributed by atoms with van der Waals surface area (Å²) in [4.78, 5) is 11.9. The number of amides is 1. The van der Waals surface area contributed by atoms with Crippen LogP contribution in [0, 0.1) is 13.8 Å². The Kier molecular flexibility index (Phi) is 5.41. The summed E-state index contributed by atoms with van der Waals surface area (Å²) in [6.45, 7) is 10.4. The Hall–Kier alpha value is -1.03. The van der Waals surface area contributed by atoms with Gasteiger partial charge in [-0.3, -0.25) is 4.79 Å². The topological polar surface area (TPSA) is 38.3 Å². The van der Waals surface area contributed by atoms with Gasteiger partial charge in [-0.2, -0.15) is 0 Å².